The van der Waals surface area contributed by atoms with Gasteiger partial charge in [0, 0.05) is 25.5 Å². The molecule has 0 aliphatic carbocycles. The summed E-state index contributed by atoms with van der Waals surface area (Å²) >= 11 is 0. The molecule has 0 aromatic carbocycles. The van der Waals surface area contributed by atoms with E-state index >= 15 is 0 Å². The molecule has 2 rings (SSSR count). The number of hydrogen-bond acceptors (Lipinski definition) is 5. The van der Waals surface area contributed by atoms with E-state index in [9.17, 15) is 4.79 Å². The summed E-state index contributed by atoms with van der Waals surface area (Å²) in [5, 5.41) is 3.03. The Bertz CT molecular complexity index is 365. The standard InChI is InChI=1S/C11H16N4O2/c1-9(14-10-8-12-2-3-13-10)11(16)15-4-6-17-7-5-15/h2-3,8-9H,4-7H2,1H3,(H,13,14). The summed E-state index contributed by atoms with van der Waals surface area (Å²) in [4.78, 5) is 21.9. The molecule has 1 atom stereocenters. The fraction of sp³-hybridized carbons (Fsp3) is 0.545. The van der Waals surface area contributed by atoms with E-state index in [1.807, 2.05) is 6.92 Å². The van der Waals surface area contributed by atoms with E-state index in [0.717, 1.165) is 0 Å². The summed E-state index contributed by atoms with van der Waals surface area (Å²) in [6.07, 6.45) is 4.79. The average molecular weight is 236 g/mol. The van der Waals surface area contributed by atoms with Crippen molar-refractivity contribution in [1.82, 2.24) is 14.9 Å². The maximum absolute atomic E-state index is 12.1. The second-order valence-electron chi connectivity index (χ2n) is 3.89. The van der Waals surface area contributed by atoms with Crippen LogP contribution in [0.2, 0.25) is 0 Å². The minimum absolute atomic E-state index is 0.0685. The highest BCUT2D eigenvalue weighted by molar-refractivity contribution is 5.84. The number of carbonyl (C=O) groups is 1. The average Bonchev–Trinajstić information content (AvgIpc) is 2.40. The first kappa shape index (κ1) is 11.8. The number of carbonyl (C=O) groups excluding carboxylic acids is 1. The normalized spacial score (nSPS) is 17.6. The van der Waals surface area contributed by atoms with Crippen molar-refractivity contribution in [2.24, 2.45) is 0 Å². The van der Waals surface area contributed by atoms with Crippen LogP contribution < -0.4 is 5.32 Å². The number of ether oxygens (including phenoxy) is 1. The van der Waals surface area contributed by atoms with E-state index in [1.54, 1.807) is 23.5 Å². The van der Waals surface area contributed by atoms with Crippen molar-refractivity contribution in [3.63, 3.8) is 0 Å². The molecule has 92 valence electrons. The number of morpholine rings is 1. The summed E-state index contributed by atoms with van der Waals surface area (Å²) in [6, 6.07) is -0.301. The van der Waals surface area contributed by atoms with E-state index in [1.165, 1.54) is 0 Å². The minimum atomic E-state index is -0.301. The first-order valence-electron chi connectivity index (χ1n) is 5.66. The quantitative estimate of drug-likeness (QED) is 0.808. The van der Waals surface area contributed by atoms with Crippen molar-refractivity contribution >= 4 is 11.7 Å². The van der Waals surface area contributed by atoms with Crippen LogP contribution in [0.15, 0.2) is 18.6 Å². The van der Waals surface area contributed by atoms with Gasteiger partial charge in [-0.15, -0.1) is 0 Å². The monoisotopic (exact) mass is 236 g/mol. The zero-order valence-electron chi connectivity index (χ0n) is 9.80. The Kier molecular flexibility index (Phi) is 3.87. The molecule has 1 unspecified atom stereocenters. The largest absolute Gasteiger partial charge is 0.378 e. The molecular weight excluding hydrogens is 220 g/mol. The van der Waals surface area contributed by atoms with Gasteiger partial charge in [-0.1, -0.05) is 0 Å². The number of amides is 1. The van der Waals surface area contributed by atoms with Gasteiger partial charge in [0.05, 0.1) is 19.4 Å². The molecule has 6 nitrogen and oxygen atoms in total. The molecule has 6 heteroatoms. The van der Waals surface area contributed by atoms with E-state index < -0.39 is 0 Å². The molecule has 1 amide bonds. The van der Waals surface area contributed by atoms with Crippen LogP contribution in [0.5, 0.6) is 0 Å². The predicted octanol–water partition coefficient (Wildman–Crippen LogP) is 0.136. The molecule has 1 aromatic rings. The highest BCUT2D eigenvalue weighted by atomic mass is 16.5. The lowest BCUT2D eigenvalue weighted by Crippen LogP contribution is -2.47. The van der Waals surface area contributed by atoms with Crippen LogP contribution in [0.4, 0.5) is 5.82 Å². The molecule has 1 N–H and O–H groups in total. The van der Waals surface area contributed by atoms with Crippen molar-refractivity contribution in [2.75, 3.05) is 31.6 Å². The molecule has 0 saturated carbocycles. The van der Waals surface area contributed by atoms with Gasteiger partial charge in [0.1, 0.15) is 11.9 Å². The van der Waals surface area contributed by atoms with Crippen LogP contribution in [0, 0.1) is 0 Å². The molecule has 2 heterocycles. The lowest BCUT2D eigenvalue weighted by Gasteiger charge is -2.29. The van der Waals surface area contributed by atoms with Crippen molar-refractivity contribution in [3.8, 4) is 0 Å². The lowest BCUT2D eigenvalue weighted by atomic mass is 10.2. The number of aromatic nitrogens is 2. The first-order valence-corrected chi connectivity index (χ1v) is 5.66. The van der Waals surface area contributed by atoms with Crippen LogP contribution >= 0.6 is 0 Å². The predicted molar refractivity (Wildman–Crippen MR) is 62.5 cm³/mol. The summed E-state index contributed by atoms with van der Waals surface area (Å²) in [5.41, 5.74) is 0. The molecule has 0 spiro atoms. The lowest BCUT2D eigenvalue weighted by molar-refractivity contribution is -0.135. The number of nitrogens with zero attached hydrogens (tertiary/aromatic N) is 3. The zero-order valence-corrected chi connectivity index (χ0v) is 9.80. The number of anilines is 1. The summed E-state index contributed by atoms with van der Waals surface area (Å²) in [5.74, 6) is 0.681. The molecule has 17 heavy (non-hydrogen) atoms. The van der Waals surface area contributed by atoms with Crippen LogP contribution in [-0.2, 0) is 9.53 Å². The minimum Gasteiger partial charge on any atom is -0.378 e. The van der Waals surface area contributed by atoms with Gasteiger partial charge in [0.15, 0.2) is 0 Å². The van der Waals surface area contributed by atoms with Crippen molar-refractivity contribution in [2.45, 2.75) is 13.0 Å². The summed E-state index contributed by atoms with van der Waals surface area (Å²) in [6.45, 7) is 4.37. The molecule has 1 aromatic heterocycles. The van der Waals surface area contributed by atoms with Crippen LogP contribution in [-0.4, -0.2) is 53.1 Å². The Morgan fingerprint density at radius 1 is 1.47 bits per heavy atom. The van der Waals surface area contributed by atoms with Crippen molar-refractivity contribution in [1.29, 1.82) is 0 Å². The zero-order chi connectivity index (χ0) is 12.1. The smallest absolute Gasteiger partial charge is 0.244 e. The van der Waals surface area contributed by atoms with E-state index in [0.29, 0.717) is 32.1 Å². The SMILES string of the molecule is CC(Nc1cnccn1)C(=O)N1CCOCC1. The summed E-state index contributed by atoms with van der Waals surface area (Å²) < 4.78 is 5.21. The van der Waals surface area contributed by atoms with Crippen molar-refractivity contribution < 1.29 is 9.53 Å². The van der Waals surface area contributed by atoms with Gasteiger partial charge in [0.2, 0.25) is 5.91 Å². The molecule has 1 aliphatic rings. The van der Waals surface area contributed by atoms with Gasteiger partial charge < -0.3 is 15.0 Å². The molecule has 1 saturated heterocycles. The third kappa shape index (κ3) is 3.13. The van der Waals surface area contributed by atoms with E-state index in [-0.39, 0.29) is 11.9 Å². The molecule has 1 fully saturated rings. The Morgan fingerprint density at radius 2 is 2.24 bits per heavy atom. The fourth-order valence-electron chi connectivity index (χ4n) is 1.71. The second kappa shape index (κ2) is 5.58. The number of nitrogens with one attached hydrogen (secondary N) is 1. The number of rotatable bonds is 3. The van der Waals surface area contributed by atoms with Gasteiger partial charge in [-0.2, -0.15) is 0 Å². The molecular formula is C11H16N4O2. The third-order valence-corrected chi connectivity index (χ3v) is 2.62. The Hall–Kier alpha value is -1.69. The topological polar surface area (TPSA) is 67.4 Å². The third-order valence-electron chi connectivity index (χ3n) is 2.62. The van der Waals surface area contributed by atoms with Gasteiger partial charge in [-0.05, 0) is 6.92 Å². The van der Waals surface area contributed by atoms with E-state index in [2.05, 4.69) is 15.3 Å². The highest BCUT2D eigenvalue weighted by Crippen LogP contribution is 2.05. The molecule has 0 radical (unpaired) electrons. The van der Waals surface area contributed by atoms with Crippen molar-refractivity contribution in [3.05, 3.63) is 18.6 Å². The maximum Gasteiger partial charge on any atom is 0.244 e. The number of hydrogen-bond donors (Lipinski definition) is 1. The first-order chi connectivity index (χ1) is 8.27. The van der Waals surface area contributed by atoms with Crippen LogP contribution in [0.25, 0.3) is 0 Å². The van der Waals surface area contributed by atoms with E-state index in [4.69, 9.17) is 4.74 Å². The Balaban J connectivity index is 1.90. The fourth-order valence-corrected chi connectivity index (χ4v) is 1.71. The molecule has 0 bridgehead atoms. The van der Waals surface area contributed by atoms with Gasteiger partial charge >= 0.3 is 0 Å². The van der Waals surface area contributed by atoms with Crippen LogP contribution in [0.3, 0.4) is 0 Å². The van der Waals surface area contributed by atoms with Crippen LogP contribution in [0.1, 0.15) is 6.92 Å². The van der Waals surface area contributed by atoms with Gasteiger partial charge in [0.25, 0.3) is 0 Å². The Morgan fingerprint density at radius 3 is 2.88 bits per heavy atom. The highest BCUT2D eigenvalue weighted by Gasteiger charge is 2.22. The van der Waals surface area contributed by atoms with Gasteiger partial charge in [-0.25, -0.2) is 4.98 Å². The van der Waals surface area contributed by atoms with Gasteiger partial charge in [-0.3, -0.25) is 9.78 Å². The maximum atomic E-state index is 12.1. The second-order valence-corrected chi connectivity index (χ2v) is 3.89. The molecule has 1 aliphatic heterocycles. The Labute approximate surface area is 100 Å². The summed E-state index contributed by atoms with van der Waals surface area (Å²) in [7, 11) is 0.